The first-order chi connectivity index (χ1) is 14.4. The zero-order valence-corrected chi connectivity index (χ0v) is 17.1. The number of ether oxygens (including phenoxy) is 1. The molecule has 2 aliphatic heterocycles. The van der Waals surface area contributed by atoms with Crippen molar-refractivity contribution < 1.29 is 4.74 Å². The van der Waals surface area contributed by atoms with Gasteiger partial charge in [-0.1, -0.05) is 61.0 Å². The second kappa shape index (κ2) is 8.17. The number of hydrogen-bond donors (Lipinski definition) is 0. The number of aromatic nitrogens is 1. The molecule has 1 fully saturated rings. The summed E-state index contributed by atoms with van der Waals surface area (Å²) < 4.78 is 8.54. The number of rotatable bonds is 6. The Balaban J connectivity index is 1.60. The molecule has 2 aromatic carbocycles. The van der Waals surface area contributed by atoms with Crippen LogP contribution in [0.1, 0.15) is 42.1 Å². The van der Waals surface area contributed by atoms with Gasteiger partial charge in [0.25, 0.3) is 0 Å². The van der Waals surface area contributed by atoms with Crippen molar-refractivity contribution in [1.82, 2.24) is 9.47 Å². The first kappa shape index (κ1) is 18.7. The normalized spacial score (nSPS) is 21.7. The Labute approximate surface area is 173 Å². The van der Waals surface area contributed by atoms with Crippen LogP contribution in [0.4, 0.5) is 0 Å². The van der Waals surface area contributed by atoms with E-state index in [0.29, 0.717) is 18.7 Å². The summed E-state index contributed by atoms with van der Waals surface area (Å²) in [6.07, 6.45) is 6.78. The van der Waals surface area contributed by atoms with E-state index < -0.39 is 0 Å². The van der Waals surface area contributed by atoms with Gasteiger partial charge in [-0.2, -0.15) is 0 Å². The lowest BCUT2D eigenvalue weighted by atomic mass is 9.86. The van der Waals surface area contributed by atoms with Gasteiger partial charge in [-0.15, -0.1) is 6.58 Å². The molecule has 3 heterocycles. The summed E-state index contributed by atoms with van der Waals surface area (Å²) in [4.78, 5) is 2.73. The number of para-hydroxylation sites is 1. The van der Waals surface area contributed by atoms with Gasteiger partial charge in [0, 0.05) is 29.2 Å². The summed E-state index contributed by atoms with van der Waals surface area (Å²) >= 11 is 0. The van der Waals surface area contributed by atoms with Gasteiger partial charge in [-0.05, 0) is 43.0 Å². The molecule has 1 aromatic heterocycles. The third-order valence-corrected chi connectivity index (χ3v) is 6.62. The van der Waals surface area contributed by atoms with E-state index in [2.05, 4.69) is 70.6 Å². The lowest BCUT2D eigenvalue weighted by molar-refractivity contribution is 0.0191. The Morgan fingerprint density at radius 2 is 1.86 bits per heavy atom. The van der Waals surface area contributed by atoms with Crippen LogP contribution >= 0.6 is 0 Å². The molecule has 3 heteroatoms. The second-order valence-electron chi connectivity index (χ2n) is 8.39. The first-order valence-corrected chi connectivity index (χ1v) is 10.9. The Kier molecular flexibility index (Phi) is 5.26. The predicted octanol–water partition coefficient (Wildman–Crippen LogP) is 5.34. The Morgan fingerprint density at radius 3 is 2.72 bits per heavy atom. The minimum Gasteiger partial charge on any atom is -0.376 e. The van der Waals surface area contributed by atoms with Gasteiger partial charge in [0.15, 0.2) is 0 Å². The van der Waals surface area contributed by atoms with Crippen LogP contribution in [-0.4, -0.2) is 35.3 Å². The van der Waals surface area contributed by atoms with Gasteiger partial charge in [-0.25, -0.2) is 0 Å². The highest BCUT2D eigenvalue weighted by Crippen LogP contribution is 2.44. The Morgan fingerprint density at radius 1 is 1.03 bits per heavy atom. The van der Waals surface area contributed by atoms with E-state index in [4.69, 9.17) is 4.74 Å². The minimum atomic E-state index is 0.462. The van der Waals surface area contributed by atoms with Crippen LogP contribution in [0.25, 0.3) is 10.9 Å². The van der Waals surface area contributed by atoms with Gasteiger partial charge in [-0.3, -0.25) is 4.90 Å². The van der Waals surface area contributed by atoms with Gasteiger partial charge in [0.1, 0.15) is 0 Å². The molecule has 2 atom stereocenters. The first-order valence-electron chi connectivity index (χ1n) is 10.9. The lowest BCUT2D eigenvalue weighted by Crippen LogP contribution is -2.48. The van der Waals surface area contributed by atoms with Gasteiger partial charge in [0.05, 0.1) is 19.3 Å². The van der Waals surface area contributed by atoms with E-state index in [9.17, 15) is 0 Å². The fraction of sp³-hybridized carbons (Fsp3) is 0.385. The fourth-order valence-electron chi connectivity index (χ4n) is 5.41. The molecular formula is C26H30N2O. The topological polar surface area (TPSA) is 17.4 Å². The maximum Gasteiger partial charge on any atom is 0.0645 e. The monoisotopic (exact) mass is 386 g/mol. The summed E-state index contributed by atoms with van der Waals surface area (Å²) in [5.74, 6) is 0. The van der Waals surface area contributed by atoms with Gasteiger partial charge >= 0.3 is 0 Å². The van der Waals surface area contributed by atoms with E-state index in [1.54, 1.807) is 11.3 Å². The molecule has 0 N–H and O–H groups in total. The Bertz CT molecular complexity index is 991. The van der Waals surface area contributed by atoms with Crippen molar-refractivity contribution in [3.63, 3.8) is 0 Å². The molecule has 3 nitrogen and oxygen atoms in total. The van der Waals surface area contributed by atoms with E-state index in [0.717, 1.165) is 19.6 Å². The van der Waals surface area contributed by atoms with Crippen LogP contribution in [0.2, 0.25) is 0 Å². The van der Waals surface area contributed by atoms with Crippen LogP contribution in [0.5, 0.6) is 0 Å². The number of nitrogens with zero attached hydrogens (tertiary/aromatic N) is 2. The summed E-state index contributed by atoms with van der Waals surface area (Å²) in [6, 6.07) is 20.8. The highest BCUT2D eigenvalue weighted by molar-refractivity contribution is 5.86. The molecule has 0 radical (unpaired) electrons. The lowest BCUT2D eigenvalue weighted by Gasteiger charge is -2.45. The van der Waals surface area contributed by atoms with E-state index in [1.807, 2.05) is 6.08 Å². The molecule has 29 heavy (non-hydrogen) atoms. The standard InChI is InChI=1S/C26H30N2O/c1-2-16-29-19-21-17-23-22-12-6-7-13-24(22)28(18-20-10-4-3-5-11-20)26(23)25-14-8-9-15-27(21)25/h2-7,10-13,21,25H,1,8-9,14-19H2/t21-,25+/m1/s1. The number of fused-ring (bicyclic) bond motifs is 5. The minimum absolute atomic E-state index is 0.462. The van der Waals surface area contributed by atoms with Crippen LogP contribution < -0.4 is 0 Å². The van der Waals surface area contributed by atoms with Crippen LogP contribution in [0.3, 0.4) is 0 Å². The van der Waals surface area contributed by atoms with Crippen molar-refractivity contribution in [2.24, 2.45) is 0 Å². The van der Waals surface area contributed by atoms with E-state index >= 15 is 0 Å². The van der Waals surface area contributed by atoms with E-state index in [1.165, 1.54) is 42.3 Å². The molecule has 0 spiro atoms. The number of piperidine rings is 1. The maximum atomic E-state index is 5.93. The average Bonchev–Trinajstić information content (AvgIpc) is 3.08. The molecule has 0 amide bonds. The molecule has 0 bridgehead atoms. The molecule has 0 saturated carbocycles. The second-order valence-corrected chi connectivity index (χ2v) is 8.39. The van der Waals surface area contributed by atoms with Crippen molar-refractivity contribution in [3.05, 3.63) is 84.1 Å². The van der Waals surface area contributed by atoms with Crippen molar-refractivity contribution in [2.45, 2.75) is 44.3 Å². The molecule has 0 aliphatic carbocycles. The van der Waals surface area contributed by atoms with Crippen LogP contribution in [-0.2, 0) is 17.7 Å². The van der Waals surface area contributed by atoms with Crippen LogP contribution in [0.15, 0.2) is 67.3 Å². The number of hydrogen-bond acceptors (Lipinski definition) is 2. The van der Waals surface area contributed by atoms with E-state index in [-0.39, 0.29) is 0 Å². The summed E-state index contributed by atoms with van der Waals surface area (Å²) in [5.41, 5.74) is 5.84. The van der Waals surface area contributed by atoms with Crippen molar-refractivity contribution in [1.29, 1.82) is 0 Å². The molecule has 2 aliphatic rings. The maximum absolute atomic E-state index is 5.93. The predicted molar refractivity (Wildman–Crippen MR) is 119 cm³/mol. The third kappa shape index (κ3) is 3.43. The molecule has 0 unspecified atom stereocenters. The van der Waals surface area contributed by atoms with Crippen molar-refractivity contribution in [2.75, 3.05) is 19.8 Å². The Hall–Kier alpha value is -2.36. The molecular weight excluding hydrogens is 356 g/mol. The smallest absolute Gasteiger partial charge is 0.0645 e. The van der Waals surface area contributed by atoms with Crippen molar-refractivity contribution >= 4 is 10.9 Å². The third-order valence-electron chi connectivity index (χ3n) is 6.62. The zero-order valence-electron chi connectivity index (χ0n) is 17.1. The van der Waals surface area contributed by atoms with Crippen molar-refractivity contribution in [3.8, 4) is 0 Å². The largest absolute Gasteiger partial charge is 0.376 e. The van der Waals surface area contributed by atoms with Crippen LogP contribution in [0, 0.1) is 0 Å². The highest BCUT2D eigenvalue weighted by Gasteiger charge is 2.39. The quantitative estimate of drug-likeness (QED) is 0.420. The summed E-state index contributed by atoms with van der Waals surface area (Å²) in [5, 5.41) is 1.43. The summed E-state index contributed by atoms with van der Waals surface area (Å²) in [7, 11) is 0. The SMILES string of the molecule is C=CCOC[C@H]1Cc2c(n(Cc3ccccc3)c3ccccc23)[C@@H]2CCCCN12. The highest BCUT2D eigenvalue weighted by atomic mass is 16.5. The summed E-state index contributed by atoms with van der Waals surface area (Å²) in [6.45, 7) is 7.35. The molecule has 150 valence electrons. The molecule has 3 aromatic rings. The molecule has 5 rings (SSSR count). The molecule has 1 saturated heterocycles. The fourth-order valence-corrected chi connectivity index (χ4v) is 5.41. The average molecular weight is 387 g/mol. The zero-order chi connectivity index (χ0) is 19.6. The van der Waals surface area contributed by atoms with Gasteiger partial charge < -0.3 is 9.30 Å². The van der Waals surface area contributed by atoms with Gasteiger partial charge in [0.2, 0.25) is 0 Å². The number of benzene rings is 2.